The molecule has 1 rings (SSSR count). The zero-order chi connectivity index (χ0) is 13.7. The van der Waals surface area contributed by atoms with Gasteiger partial charge in [0.05, 0.1) is 18.9 Å². The molecule has 1 aromatic carbocycles. The lowest BCUT2D eigenvalue weighted by molar-refractivity contribution is -0.128. The van der Waals surface area contributed by atoms with Crippen LogP contribution in [0.2, 0.25) is 0 Å². The fourth-order valence-electron chi connectivity index (χ4n) is 1.53. The van der Waals surface area contributed by atoms with E-state index in [0.717, 1.165) is 0 Å². The molecule has 0 aromatic heterocycles. The monoisotopic (exact) mass is 252 g/mol. The third-order valence-corrected chi connectivity index (χ3v) is 2.33. The van der Waals surface area contributed by atoms with Crippen molar-refractivity contribution in [2.24, 2.45) is 0 Å². The molecule has 0 aliphatic carbocycles. The van der Waals surface area contributed by atoms with Crippen molar-refractivity contribution in [1.29, 1.82) is 0 Å². The first-order valence-corrected chi connectivity index (χ1v) is 5.84. The molecular formula is C13H20N2O3. The molecule has 18 heavy (non-hydrogen) atoms. The van der Waals surface area contributed by atoms with Gasteiger partial charge in [0, 0.05) is 5.69 Å². The lowest BCUT2D eigenvalue weighted by Crippen LogP contribution is -2.30. The Morgan fingerprint density at radius 3 is 2.56 bits per heavy atom. The predicted octanol–water partition coefficient (Wildman–Crippen LogP) is 2.03. The second kappa shape index (κ2) is 6.26. The van der Waals surface area contributed by atoms with E-state index in [9.17, 15) is 4.79 Å². The minimum atomic E-state index is -0.531. The molecule has 0 saturated carbocycles. The average Bonchev–Trinajstić information content (AvgIpc) is 2.28. The van der Waals surface area contributed by atoms with Gasteiger partial charge in [-0.1, -0.05) is 0 Å². The average molecular weight is 252 g/mol. The summed E-state index contributed by atoms with van der Waals surface area (Å²) in [6.45, 7) is 5.46. The van der Waals surface area contributed by atoms with E-state index in [1.54, 1.807) is 25.1 Å². The number of anilines is 2. The fraction of sp³-hybridized carbons (Fsp3) is 0.462. The molecule has 0 heterocycles. The van der Waals surface area contributed by atoms with E-state index >= 15 is 0 Å². The Morgan fingerprint density at radius 1 is 1.33 bits per heavy atom. The van der Waals surface area contributed by atoms with Gasteiger partial charge in [0.2, 0.25) is 0 Å². The summed E-state index contributed by atoms with van der Waals surface area (Å²) in [6.07, 6.45) is -0.537. The summed E-state index contributed by atoms with van der Waals surface area (Å²) in [5, 5.41) is 2.74. The van der Waals surface area contributed by atoms with Gasteiger partial charge in [0.15, 0.2) is 0 Å². The normalized spacial score (nSPS) is 12.3. The minimum absolute atomic E-state index is 0.00603. The Labute approximate surface area is 107 Å². The van der Waals surface area contributed by atoms with Crippen molar-refractivity contribution in [2.75, 3.05) is 18.2 Å². The van der Waals surface area contributed by atoms with Gasteiger partial charge in [-0.25, -0.2) is 0 Å². The number of carbonyl (C=O) groups is 1. The second-order valence-electron chi connectivity index (χ2n) is 4.28. The highest BCUT2D eigenvalue weighted by Crippen LogP contribution is 2.26. The molecule has 5 nitrogen and oxygen atoms in total. The van der Waals surface area contributed by atoms with Crippen molar-refractivity contribution in [3.63, 3.8) is 0 Å². The predicted molar refractivity (Wildman–Crippen MR) is 71.7 cm³/mol. The van der Waals surface area contributed by atoms with E-state index in [0.29, 0.717) is 17.1 Å². The van der Waals surface area contributed by atoms with Gasteiger partial charge in [-0.15, -0.1) is 0 Å². The molecule has 3 N–H and O–H groups in total. The van der Waals surface area contributed by atoms with Crippen LogP contribution in [0.5, 0.6) is 5.75 Å². The molecule has 1 unspecified atom stereocenters. The first-order chi connectivity index (χ1) is 8.43. The summed E-state index contributed by atoms with van der Waals surface area (Å²) in [5.74, 6) is 0.335. The standard InChI is InChI=1S/C13H20N2O3/c1-8(2)18-9(3)13(16)15-11-7-10(14)5-6-12(11)17-4/h5-9H,14H2,1-4H3,(H,15,16). The summed E-state index contributed by atoms with van der Waals surface area (Å²) in [7, 11) is 1.54. The molecule has 0 fully saturated rings. The summed E-state index contributed by atoms with van der Waals surface area (Å²) in [4.78, 5) is 11.9. The summed E-state index contributed by atoms with van der Waals surface area (Å²) >= 11 is 0. The van der Waals surface area contributed by atoms with Crippen LogP contribution in [-0.4, -0.2) is 25.2 Å². The highest BCUT2D eigenvalue weighted by atomic mass is 16.5. The molecule has 0 aliphatic rings. The third kappa shape index (κ3) is 3.92. The van der Waals surface area contributed by atoms with Crippen molar-refractivity contribution < 1.29 is 14.3 Å². The van der Waals surface area contributed by atoms with Gasteiger partial charge in [0.1, 0.15) is 11.9 Å². The summed E-state index contributed by atoms with van der Waals surface area (Å²) in [6, 6.07) is 5.07. The first kappa shape index (κ1) is 14.3. The molecule has 5 heteroatoms. The van der Waals surface area contributed by atoms with E-state index in [2.05, 4.69) is 5.32 Å². The maximum absolute atomic E-state index is 11.9. The number of carbonyl (C=O) groups excluding carboxylic acids is 1. The molecule has 1 atom stereocenters. The van der Waals surface area contributed by atoms with Gasteiger partial charge in [0.25, 0.3) is 5.91 Å². The van der Waals surface area contributed by atoms with Gasteiger partial charge < -0.3 is 20.5 Å². The number of rotatable bonds is 5. The second-order valence-corrected chi connectivity index (χ2v) is 4.28. The molecule has 0 spiro atoms. The lowest BCUT2D eigenvalue weighted by Gasteiger charge is -2.17. The fourth-order valence-corrected chi connectivity index (χ4v) is 1.53. The van der Waals surface area contributed by atoms with Crippen LogP contribution in [0.3, 0.4) is 0 Å². The molecule has 0 bridgehead atoms. The van der Waals surface area contributed by atoms with Crippen LogP contribution in [0.1, 0.15) is 20.8 Å². The van der Waals surface area contributed by atoms with Crippen LogP contribution in [0.25, 0.3) is 0 Å². The number of ether oxygens (including phenoxy) is 2. The zero-order valence-electron chi connectivity index (χ0n) is 11.2. The molecule has 0 aliphatic heterocycles. The molecule has 1 amide bonds. The molecule has 1 aromatic rings. The highest BCUT2D eigenvalue weighted by Gasteiger charge is 2.16. The molecule has 0 saturated heterocycles. The number of benzene rings is 1. The zero-order valence-corrected chi connectivity index (χ0v) is 11.2. The first-order valence-electron chi connectivity index (χ1n) is 5.84. The van der Waals surface area contributed by atoms with Crippen molar-refractivity contribution in [3.05, 3.63) is 18.2 Å². The lowest BCUT2D eigenvalue weighted by atomic mass is 10.2. The topological polar surface area (TPSA) is 73.6 Å². The van der Waals surface area contributed by atoms with E-state index in [1.807, 2.05) is 13.8 Å². The molecular weight excluding hydrogens is 232 g/mol. The van der Waals surface area contributed by atoms with Gasteiger partial charge in [-0.2, -0.15) is 0 Å². The smallest absolute Gasteiger partial charge is 0.253 e. The number of amides is 1. The number of nitrogen functional groups attached to an aromatic ring is 1. The SMILES string of the molecule is COc1ccc(N)cc1NC(=O)C(C)OC(C)C. The quantitative estimate of drug-likeness (QED) is 0.786. The van der Waals surface area contributed by atoms with E-state index < -0.39 is 6.10 Å². The van der Waals surface area contributed by atoms with Crippen LogP contribution in [0, 0.1) is 0 Å². The third-order valence-electron chi connectivity index (χ3n) is 2.33. The number of nitrogens with two attached hydrogens (primary N) is 1. The van der Waals surface area contributed by atoms with Crippen molar-refractivity contribution in [3.8, 4) is 5.75 Å². The highest BCUT2D eigenvalue weighted by molar-refractivity contribution is 5.95. The Morgan fingerprint density at radius 2 is 2.00 bits per heavy atom. The minimum Gasteiger partial charge on any atom is -0.495 e. The van der Waals surface area contributed by atoms with E-state index in [4.69, 9.17) is 15.2 Å². The maximum atomic E-state index is 11.9. The van der Waals surface area contributed by atoms with Crippen LogP contribution in [-0.2, 0) is 9.53 Å². The van der Waals surface area contributed by atoms with E-state index in [1.165, 1.54) is 7.11 Å². The number of nitrogens with one attached hydrogen (secondary N) is 1. The summed E-state index contributed by atoms with van der Waals surface area (Å²) < 4.78 is 10.6. The van der Waals surface area contributed by atoms with Gasteiger partial charge in [-0.3, -0.25) is 4.79 Å². The van der Waals surface area contributed by atoms with Crippen LogP contribution in [0.4, 0.5) is 11.4 Å². The number of methoxy groups -OCH3 is 1. The van der Waals surface area contributed by atoms with Gasteiger partial charge >= 0.3 is 0 Å². The van der Waals surface area contributed by atoms with Crippen LogP contribution in [0.15, 0.2) is 18.2 Å². The Balaban J connectivity index is 2.77. The Hall–Kier alpha value is -1.75. The molecule has 100 valence electrons. The maximum Gasteiger partial charge on any atom is 0.253 e. The van der Waals surface area contributed by atoms with Crippen LogP contribution < -0.4 is 15.8 Å². The largest absolute Gasteiger partial charge is 0.495 e. The summed E-state index contributed by atoms with van der Waals surface area (Å²) in [5.41, 5.74) is 6.78. The Bertz CT molecular complexity index is 419. The number of hydrogen-bond acceptors (Lipinski definition) is 4. The van der Waals surface area contributed by atoms with Crippen molar-refractivity contribution in [1.82, 2.24) is 0 Å². The molecule has 0 radical (unpaired) electrons. The van der Waals surface area contributed by atoms with E-state index in [-0.39, 0.29) is 12.0 Å². The van der Waals surface area contributed by atoms with Crippen molar-refractivity contribution >= 4 is 17.3 Å². The van der Waals surface area contributed by atoms with Gasteiger partial charge in [-0.05, 0) is 39.0 Å². The number of hydrogen-bond donors (Lipinski definition) is 2. The van der Waals surface area contributed by atoms with Crippen molar-refractivity contribution in [2.45, 2.75) is 33.0 Å². The Kier molecular flexibility index (Phi) is 4.97. The van der Waals surface area contributed by atoms with Crippen LogP contribution >= 0.6 is 0 Å².